The third kappa shape index (κ3) is 7.23. The molecule has 0 radical (unpaired) electrons. The Morgan fingerprint density at radius 3 is 2.21 bits per heavy atom. The minimum atomic E-state index is -4.12. The number of thioether (sulfide) groups is 1. The van der Waals surface area contributed by atoms with Crippen molar-refractivity contribution < 1.29 is 22.1 Å². The first-order valence-electron chi connectivity index (χ1n) is 13.1. The van der Waals surface area contributed by atoms with Gasteiger partial charge in [-0.3, -0.25) is 14.7 Å². The van der Waals surface area contributed by atoms with E-state index in [0.717, 1.165) is 11.1 Å². The maximum Gasteiger partial charge on any atom is 0.339 e. The van der Waals surface area contributed by atoms with Crippen molar-refractivity contribution in [2.45, 2.75) is 24.9 Å². The van der Waals surface area contributed by atoms with Gasteiger partial charge in [-0.1, -0.05) is 78.3 Å². The summed E-state index contributed by atoms with van der Waals surface area (Å²) in [6, 6.07) is 30.2. The van der Waals surface area contributed by atoms with E-state index in [9.17, 15) is 13.2 Å². The molecule has 1 heterocycles. The van der Waals surface area contributed by atoms with Gasteiger partial charge < -0.3 is 8.92 Å². The van der Waals surface area contributed by atoms with Crippen LogP contribution in [0.5, 0.6) is 11.5 Å². The highest BCUT2D eigenvalue weighted by Crippen LogP contribution is 2.36. The molecule has 1 aliphatic heterocycles. The van der Waals surface area contributed by atoms with Crippen molar-refractivity contribution in [3.8, 4) is 11.5 Å². The minimum absolute atomic E-state index is 0.0330. The van der Waals surface area contributed by atoms with Gasteiger partial charge >= 0.3 is 10.1 Å². The molecule has 4 aromatic rings. The first kappa shape index (κ1) is 29.4. The highest BCUT2D eigenvalue weighted by atomic mass is 35.5. The van der Waals surface area contributed by atoms with Gasteiger partial charge in [0, 0.05) is 5.02 Å². The first-order chi connectivity index (χ1) is 20.3. The molecule has 1 saturated heterocycles. The Morgan fingerprint density at radius 1 is 0.881 bits per heavy atom. The van der Waals surface area contributed by atoms with Crippen molar-refractivity contribution in [1.82, 2.24) is 4.90 Å². The van der Waals surface area contributed by atoms with Gasteiger partial charge in [0.1, 0.15) is 4.90 Å². The van der Waals surface area contributed by atoms with Crippen LogP contribution in [0.2, 0.25) is 5.02 Å². The van der Waals surface area contributed by atoms with Crippen LogP contribution in [0.25, 0.3) is 6.08 Å². The Balaban J connectivity index is 1.43. The zero-order valence-electron chi connectivity index (χ0n) is 22.6. The molecular formula is C32H27ClN2O5S2. The zero-order chi connectivity index (χ0) is 29.5. The summed E-state index contributed by atoms with van der Waals surface area (Å²) in [5.41, 5.74) is 2.68. The van der Waals surface area contributed by atoms with Gasteiger partial charge in [-0.2, -0.15) is 8.42 Å². The number of hydrogen-bond acceptors (Lipinski definition) is 7. The van der Waals surface area contributed by atoms with Crippen molar-refractivity contribution in [2.24, 2.45) is 4.99 Å². The summed E-state index contributed by atoms with van der Waals surface area (Å²) in [7, 11) is -4.12. The van der Waals surface area contributed by atoms with Crippen LogP contribution in [0.1, 0.15) is 23.6 Å². The summed E-state index contributed by atoms with van der Waals surface area (Å²) in [6.07, 6.45) is 1.75. The Labute approximate surface area is 254 Å². The van der Waals surface area contributed by atoms with Gasteiger partial charge in [0.25, 0.3) is 5.91 Å². The van der Waals surface area contributed by atoms with Gasteiger partial charge in [0.15, 0.2) is 16.7 Å². The van der Waals surface area contributed by atoms with Crippen LogP contribution in [0.4, 0.5) is 0 Å². The summed E-state index contributed by atoms with van der Waals surface area (Å²) in [6.45, 7) is 2.90. The van der Waals surface area contributed by atoms with Crippen molar-refractivity contribution >= 4 is 50.6 Å². The first-order valence-corrected chi connectivity index (χ1v) is 15.7. The number of benzene rings is 4. The number of carbonyl (C=O) groups excluding carboxylic acids is 1. The van der Waals surface area contributed by atoms with E-state index in [0.29, 0.717) is 33.7 Å². The zero-order valence-corrected chi connectivity index (χ0v) is 25.0. The highest BCUT2D eigenvalue weighted by molar-refractivity contribution is 8.18. The molecule has 42 heavy (non-hydrogen) atoms. The van der Waals surface area contributed by atoms with Crippen LogP contribution in [-0.4, -0.2) is 31.0 Å². The van der Waals surface area contributed by atoms with E-state index >= 15 is 0 Å². The fourth-order valence-corrected chi connectivity index (χ4v) is 6.19. The van der Waals surface area contributed by atoms with Gasteiger partial charge in [-0.15, -0.1) is 0 Å². The number of aliphatic imine (C=N–C) groups is 1. The molecule has 214 valence electrons. The second kappa shape index (κ2) is 13.3. The Kier molecular flexibility index (Phi) is 9.31. The summed E-state index contributed by atoms with van der Waals surface area (Å²) in [5.74, 6) is 0.105. The molecule has 4 aromatic carbocycles. The van der Waals surface area contributed by atoms with Crippen LogP contribution in [0, 0.1) is 0 Å². The van der Waals surface area contributed by atoms with Gasteiger partial charge in [-0.25, -0.2) is 0 Å². The fourth-order valence-electron chi connectivity index (χ4n) is 4.14. The summed E-state index contributed by atoms with van der Waals surface area (Å²) in [4.78, 5) is 20.5. The SMILES string of the molecule is CCOc1cc(/C=C2/SC(=NCc3ccccc3)N(Cc3ccccc3)C2=O)ccc1OS(=O)(=O)c1ccc(Cl)cc1. The number of nitrogens with zero attached hydrogens (tertiary/aromatic N) is 2. The minimum Gasteiger partial charge on any atom is -0.490 e. The quantitative estimate of drug-likeness (QED) is 0.138. The molecule has 0 aliphatic carbocycles. The molecule has 0 aromatic heterocycles. The van der Waals surface area contributed by atoms with Crippen LogP contribution in [0.15, 0.2) is 118 Å². The second-order valence-corrected chi connectivity index (χ2v) is 12.2. The maximum absolute atomic E-state index is 13.6. The molecule has 1 amide bonds. The molecule has 0 bridgehead atoms. The third-order valence-corrected chi connectivity index (χ3v) is 8.72. The average molecular weight is 619 g/mol. The molecule has 10 heteroatoms. The Bertz CT molecular complexity index is 1730. The topological polar surface area (TPSA) is 85.3 Å². The summed E-state index contributed by atoms with van der Waals surface area (Å²) in [5, 5.41) is 1.02. The number of carbonyl (C=O) groups is 1. The second-order valence-electron chi connectivity index (χ2n) is 9.20. The van der Waals surface area contributed by atoms with E-state index < -0.39 is 10.1 Å². The standard InChI is InChI=1S/C32H27ClN2O5S2/c1-2-39-29-19-25(13-18-28(29)40-42(37,38)27-16-14-26(33)15-17-27)20-30-31(36)35(22-24-11-7-4-8-12-24)32(41-30)34-21-23-9-5-3-6-10-23/h3-20H,2,21-22H2,1H3/b30-20+,34-32?. The van der Waals surface area contributed by atoms with Gasteiger partial charge in [0.2, 0.25) is 0 Å². The molecular weight excluding hydrogens is 592 g/mol. The maximum atomic E-state index is 13.6. The van der Waals surface area contributed by atoms with E-state index in [1.54, 1.807) is 30.0 Å². The molecule has 0 spiro atoms. The Hall–Kier alpha value is -4.05. The number of amidine groups is 1. The van der Waals surface area contributed by atoms with Crippen molar-refractivity contribution in [3.05, 3.63) is 130 Å². The number of ether oxygens (including phenoxy) is 1. The summed E-state index contributed by atoms with van der Waals surface area (Å²) < 4.78 is 36.9. The fraction of sp³-hybridized carbons (Fsp3) is 0.125. The average Bonchev–Trinajstić information content (AvgIpc) is 3.28. The van der Waals surface area contributed by atoms with Crippen molar-refractivity contribution in [1.29, 1.82) is 0 Å². The lowest BCUT2D eigenvalue weighted by Gasteiger charge is -2.15. The Morgan fingerprint density at radius 2 is 1.55 bits per heavy atom. The van der Waals surface area contributed by atoms with Crippen LogP contribution in [-0.2, 0) is 28.0 Å². The third-order valence-electron chi connectivity index (χ3n) is 6.18. The van der Waals surface area contributed by atoms with Crippen LogP contribution >= 0.6 is 23.4 Å². The number of amides is 1. The molecule has 1 fully saturated rings. The van der Waals surface area contributed by atoms with Crippen LogP contribution < -0.4 is 8.92 Å². The largest absolute Gasteiger partial charge is 0.490 e. The number of hydrogen-bond donors (Lipinski definition) is 0. The highest BCUT2D eigenvalue weighted by Gasteiger charge is 2.33. The molecule has 0 saturated carbocycles. The number of rotatable bonds is 10. The predicted molar refractivity (Wildman–Crippen MR) is 167 cm³/mol. The summed E-state index contributed by atoms with van der Waals surface area (Å²) >= 11 is 7.19. The lowest BCUT2D eigenvalue weighted by atomic mass is 10.1. The predicted octanol–water partition coefficient (Wildman–Crippen LogP) is 7.18. The van der Waals surface area contributed by atoms with Gasteiger partial charge in [0.05, 0.1) is 24.6 Å². The van der Waals surface area contributed by atoms with Crippen LogP contribution in [0.3, 0.4) is 0 Å². The molecule has 0 N–H and O–H groups in total. The number of halogens is 1. The van der Waals surface area contributed by atoms with Gasteiger partial charge in [-0.05, 0) is 77.9 Å². The molecule has 0 unspecified atom stereocenters. The molecule has 7 nitrogen and oxygen atoms in total. The lowest BCUT2D eigenvalue weighted by molar-refractivity contribution is -0.122. The van der Waals surface area contributed by atoms with E-state index in [2.05, 4.69) is 0 Å². The normalized spacial score (nSPS) is 15.4. The monoisotopic (exact) mass is 618 g/mol. The van der Waals surface area contributed by atoms with E-state index in [-0.39, 0.29) is 28.9 Å². The molecule has 1 aliphatic rings. The van der Waals surface area contributed by atoms with E-state index in [1.807, 2.05) is 60.7 Å². The van der Waals surface area contributed by atoms with E-state index in [4.69, 9.17) is 25.5 Å². The lowest BCUT2D eigenvalue weighted by Crippen LogP contribution is -2.28. The molecule has 5 rings (SSSR count). The smallest absolute Gasteiger partial charge is 0.339 e. The van der Waals surface area contributed by atoms with Crippen molar-refractivity contribution in [2.75, 3.05) is 6.61 Å². The van der Waals surface area contributed by atoms with E-state index in [1.165, 1.54) is 42.1 Å². The molecule has 0 atom stereocenters. The van der Waals surface area contributed by atoms with Crippen molar-refractivity contribution in [3.63, 3.8) is 0 Å².